The molecule has 0 aliphatic heterocycles. The van der Waals surface area contributed by atoms with Crippen molar-refractivity contribution < 1.29 is 13.2 Å². The van der Waals surface area contributed by atoms with Gasteiger partial charge in [-0.05, 0) is 38.5 Å². The van der Waals surface area contributed by atoms with Gasteiger partial charge in [0, 0.05) is 0 Å². The van der Waals surface area contributed by atoms with Gasteiger partial charge in [0.05, 0.1) is 16.9 Å². The van der Waals surface area contributed by atoms with Gasteiger partial charge < -0.3 is 0 Å². The third-order valence-corrected chi connectivity index (χ3v) is 4.19. The molecule has 1 aliphatic carbocycles. The van der Waals surface area contributed by atoms with Crippen LogP contribution in [-0.2, 0) is 0 Å². The predicted octanol–water partition coefficient (Wildman–Crippen LogP) is 5.18. The fourth-order valence-corrected chi connectivity index (χ4v) is 1.45. The maximum Gasteiger partial charge on any atom is 0.394 e. The first-order valence-electron chi connectivity index (χ1n) is 6.38. The zero-order valence-corrected chi connectivity index (χ0v) is 12.2. The van der Waals surface area contributed by atoms with E-state index in [0.717, 1.165) is 0 Å². The standard InChI is InChI=1S/C7H11F3.C7H13N/c1-5(2)6(3-4-6)7(8,9)10;1-6(2)7(3,4)5-8/h5H,3-4H2,1-2H3;6H,1-4H3. The van der Waals surface area contributed by atoms with Crippen LogP contribution in [0.15, 0.2) is 0 Å². The van der Waals surface area contributed by atoms with Crippen molar-refractivity contribution >= 4 is 0 Å². The number of rotatable bonds is 2. The number of nitriles is 1. The largest absolute Gasteiger partial charge is 0.394 e. The molecule has 0 atom stereocenters. The van der Waals surface area contributed by atoms with Gasteiger partial charge in [0.1, 0.15) is 0 Å². The lowest BCUT2D eigenvalue weighted by Crippen LogP contribution is -2.29. The minimum atomic E-state index is -3.97. The molecule has 0 aromatic carbocycles. The van der Waals surface area contributed by atoms with Gasteiger partial charge in [-0.2, -0.15) is 18.4 Å². The second-order valence-electron chi connectivity index (χ2n) is 6.30. The Morgan fingerprint density at radius 1 is 1.06 bits per heavy atom. The van der Waals surface area contributed by atoms with Crippen LogP contribution in [0.3, 0.4) is 0 Å². The molecule has 106 valence electrons. The van der Waals surface area contributed by atoms with Crippen molar-refractivity contribution in [3.05, 3.63) is 0 Å². The normalized spacial score (nSPS) is 18.1. The molecule has 18 heavy (non-hydrogen) atoms. The molecule has 0 bridgehead atoms. The minimum absolute atomic E-state index is 0.153. The summed E-state index contributed by atoms with van der Waals surface area (Å²) in [5.74, 6) is 0.194. The molecule has 0 N–H and O–H groups in total. The number of hydrogen-bond donors (Lipinski definition) is 0. The van der Waals surface area contributed by atoms with Crippen molar-refractivity contribution in [2.45, 2.75) is 60.6 Å². The highest BCUT2D eigenvalue weighted by molar-refractivity contribution is 5.01. The molecule has 0 spiro atoms. The van der Waals surface area contributed by atoms with Gasteiger partial charge in [-0.15, -0.1) is 0 Å². The Bertz CT molecular complexity index is 304. The first-order valence-corrected chi connectivity index (χ1v) is 6.38. The highest BCUT2D eigenvalue weighted by atomic mass is 19.4. The van der Waals surface area contributed by atoms with Crippen LogP contribution in [0, 0.1) is 34.0 Å². The summed E-state index contributed by atoms with van der Waals surface area (Å²) in [5.41, 5.74) is -1.47. The molecule has 0 heterocycles. The molecule has 0 aromatic rings. The lowest BCUT2D eigenvalue weighted by Gasteiger charge is -2.22. The van der Waals surface area contributed by atoms with Gasteiger partial charge in [0.25, 0.3) is 0 Å². The van der Waals surface area contributed by atoms with Crippen LogP contribution in [0.5, 0.6) is 0 Å². The van der Waals surface area contributed by atoms with E-state index in [1.165, 1.54) is 0 Å². The van der Waals surface area contributed by atoms with Crippen LogP contribution in [0.25, 0.3) is 0 Å². The molecule has 4 heteroatoms. The van der Waals surface area contributed by atoms with E-state index in [0.29, 0.717) is 18.8 Å². The zero-order chi connectivity index (χ0) is 14.8. The first kappa shape index (κ1) is 17.3. The van der Waals surface area contributed by atoms with E-state index in [2.05, 4.69) is 19.9 Å². The molecular weight excluding hydrogens is 239 g/mol. The van der Waals surface area contributed by atoms with E-state index in [4.69, 9.17) is 5.26 Å². The lowest BCUT2D eigenvalue weighted by molar-refractivity contribution is -0.199. The zero-order valence-electron chi connectivity index (χ0n) is 12.2. The van der Waals surface area contributed by atoms with Gasteiger partial charge in [-0.25, -0.2) is 0 Å². The minimum Gasteiger partial charge on any atom is -0.198 e. The van der Waals surface area contributed by atoms with E-state index in [-0.39, 0.29) is 11.3 Å². The summed E-state index contributed by atoms with van der Waals surface area (Å²) in [4.78, 5) is 0. The summed E-state index contributed by atoms with van der Waals surface area (Å²) in [6, 6.07) is 2.24. The summed E-state index contributed by atoms with van der Waals surface area (Å²) in [7, 11) is 0. The third-order valence-electron chi connectivity index (χ3n) is 4.19. The van der Waals surface area contributed by atoms with Crippen molar-refractivity contribution in [1.82, 2.24) is 0 Å². The van der Waals surface area contributed by atoms with E-state index in [1.807, 2.05) is 13.8 Å². The predicted molar refractivity (Wildman–Crippen MR) is 66.8 cm³/mol. The number of alkyl halides is 3. The second kappa shape index (κ2) is 5.50. The molecule has 0 amide bonds. The van der Waals surface area contributed by atoms with Gasteiger partial charge in [0.2, 0.25) is 0 Å². The monoisotopic (exact) mass is 263 g/mol. The summed E-state index contributed by atoms with van der Waals surface area (Å²) in [6.45, 7) is 11.3. The molecule has 0 saturated heterocycles. The molecule has 0 unspecified atom stereocenters. The molecule has 1 fully saturated rings. The van der Waals surface area contributed by atoms with Crippen LogP contribution < -0.4 is 0 Å². The smallest absolute Gasteiger partial charge is 0.198 e. The number of nitrogens with zero attached hydrogens (tertiary/aromatic N) is 1. The fourth-order valence-electron chi connectivity index (χ4n) is 1.45. The summed E-state index contributed by atoms with van der Waals surface area (Å²) < 4.78 is 36.4. The lowest BCUT2D eigenvalue weighted by atomic mass is 9.83. The summed E-state index contributed by atoms with van der Waals surface area (Å²) >= 11 is 0. The van der Waals surface area contributed by atoms with Crippen LogP contribution in [-0.4, -0.2) is 6.18 Å². The van der Waals surface area contributed by atoms with Crippen molar-refractivity contribution in [1.29, 1.82) is 5.26 Å². The van der Waals surface area contributed by atoms with Crippen molar-refractivity contribution in [3.63, 3.8) is 0 Å². The summed E-state index contributed by atoms with van der Waals surface area (Å²) in [5, 5.41) is 8.51. The van der Waals surface area contributed by atoms with Gasteiger partial charge in [0.15, 0.2) is 0 Å². The third kappa shape index (κ3) is 3.90. The van der Waals surface area contributed by atoms with Crippen molar-refractivity contribution in [2.24, 2.45) is 22.7 Å². The fraction of sp³-hybridized carbons (Fsp3) is 0.929. The Morgan fingerprint density at radius 2 is 1.44 bits per heavy atom. The molecular formula is C14H24F3N. The quantitative estimate of drug-likeness (QED) is 0.673. The van der Waals surface area contributed by atoms with E-state index in [9.17, 15) is 13.2 Å². The van der Waals surface area contributed by atoms with E-state index < -0.39 is 11.6 Å². The molecule has 1 rings (SSSR count). The Labute approximate surface area is 108 Å². The van der Waals surface area contributed by atoms with Gasteiger partial charge in [-0.1, -0.05) is 27.7 Å². The molecule has 0 aromatic heterocycles. The van der Waals surface area contributed by atoms with Crippen molar-refractivity contribution in [2.75, 3.05) is 0 Å². The Kier molecular flexibility index (Phi) is 5.28. The first-order chi connectivity index (χ1) is 7.90. The molecule has 1 saturated carbocycles. The van der Waals surface area contributed by atoms with Gasteiger partial charge >= 0.3 is 6.18 Å². The van der Waals surface area contributed by atoms with Gasteiger partial charge in [-0.3, -0.25) is 0 Å². The Morgan fingerprint density at radius 3 is 1.44 bits per heavy atom. The van der Waals surface area contributed by atoms with Crippen molar-refractivity contribution in [3.8, 4) is 6.07 Å². The average Bonchev–Trinajstić information content (AvgIpc) is 2.97. The second-order valence-corrected chi connectivity index (χ2v) is 6.30. The SMILES string of the molecule is CC(C)C(C)(C)C#N.CC(C)C1(C(F)(F)F)CC1. The number of halogens is 3. The highest BCUT2D eigenvalue weighted by Gasteiger charge is 2.64. The Hall–Kier alpha value is -0.720. The highest BCUT2D eigenvalue weighted by Crippen LogP contribution is 2.62. The molecule has 1 aliphatic rings. The van der Waals surface area contributed by atoms with Crippen LogP contribution >= 0.6 is 0 Å². The number of hydrogen-bond acceptors (Lipinski definition) is 1. The van der Waals surface area contributed by atoms with Crippen LogP contribution in [0.1, 0.15) is 54.4 Å². The summed E-state index contributed by atoms with van der Waals surface area (Å²) in [6.07, 6.45) is -3.32. The maximum absolute atomic E-state index is 12.1. The van der Waals surface area contributed by atoms with Crippen LogP contribution in [0.2, 0.25) is 0 Å². The molecule has 1 nitrogen and oxygen atoms in total. The van der Waals surface area contributed by atoms with E-state index in [1.54, 1.807) is 13.8 Å². The van der Waals surface area contributed by atoms with E-state index >= 15 is 0 Å². The topological polar surface area (TPSA) is 23.8 Å². The average molecular weight is 263 g/mol. The molecule has 0 radical (unpaired) electrons. The Balaban J connectivity index is 0.000000331. The maximum atomic E-state index is 12.1. The van der Waals surface area contributed by atoms with Crippen LogP contribution in [0.4, 0.5) is 13.2 Å².